The molecular weight excluding hydrogens is 1000 g/mol. The Morgan fingerprint density at radius 1 is 0.649 bits per heavy atom. The Balaban J connectivity index is 0.00000121. The zero-order valence-electron chi connectivity index (χ0n) is 46.7. The monoisotopic (exact) mass is 1090 g/mol. The third-order valence-corrected chi connectivity index (χ3v) is 12.5. The van der Waals surface area contributed by atoms with Crippen LogP contribution in [-0.4, -0.2) is 162 Å². The van der Waals surface area contributed by atoms with Gasteiger partial charge >= 0.3 is 53.7 Å². The fraction of sp³-hybridized carbons (Fsp3) is 0.882. The number of carbonyl (C=O) groups excluding carboxylic acids is 2. The molecule has 4 fully saturated rings. The van der Waals surface area contributed by atoms with Crippen LogP contribution in [0.3, 0.4) is 0 Å². The molecule has 4 aliphatic rings. The van der Waals surface area contributed by atoms with Crippen molar-refractivity contribution in [1.29, 1.82) is 0 Å². The van der Waals surface area contributed by atoms with Crippen LogP contribution >= 0.6 is 0 Å². The number of methoxy groups -OCH3 is 2. The number of hydrogen-bond donors (Lipinski definition) is 3. The Hall–Kier alpha value is -1.48. The number of carbonyl (C=O) groups is 2. The second-order valence-electron chi connectivity index (χ2n) is 19.4. The first-order valence-corrected chi connectivity index (χ1v) is 25.9. The summed E-state index contributed by atoms with van der Waals surface area (Å²) in [4.78, 5) is 23.1. The maximum atomic E-state index is 13.1. The molecule has 12 atom stereocenters. The summed E-state index contributed by atoms with van der Waals surface area (Å²) in [5.41, 5.74) is 0. The van der Waals surface area contributed by atoms with Crippen LogP contribution in [0.25, 0.3) is 0 Å². The topological polar surface area (TPSA) is 180 Å². The number of aliphatic hydroxyl groups is 1. The van der Waals surface area contributed by atoms with E-state index in [0.29, 0.717) is 12.5 Å². The van der Waals surface area contributed by atoms with Crippen molar-refractivity contribution in [3.05, 3.63) is 25.3 Å². The SMILES string of the molecule is C=CCOC1O[C@@H]2COC(C)(C)OC2C(O)C1NC(=O)C(F)(F)F.C=CCOC1O[C@@H]2COC(C)(C)OC2C(OCCC(CCCCCCC)OC)C1NC(=O)C(F)(F)F.CCCCCCCC(CCC)OC.[H-].[Na+]. The maximum absolute atomic E-state index is 13.1. The molecule has 0 saturated carbocycles. The number of amides is 2. The van der Waals surface area contributed by atoms with Gasteiger partial charge in [0.15, 0.2) is 24.2 Å². The fourth-order valence-electron chi connectivity index (χ4n) is 8.62. The number of aliphatic hydroxyl groups excluding tert-OH is 1. The summed E-state index contributed by atoms with van der Waals surface area (Å²) in [6, 6.07) is -2.74. The van der Waals surface area contributed by atoms with Crippen LogP contribution in [0, 0.1) is 0 Å². The first kappa shape index (κ1) is 70.5. The van der Waals surface area contributed by atoms with Gasteiger partial charge in [-0.2, -0.15) is 26.3 Å². The van der Waals surface area contributed by atoms with E-state index in [2.05, 4.69) is 33.9 Å². The molecule has 3 N–H and O–H groups in total. The Bertz CT molecular complexity index is 1580. The van der Waals surface area contributed by atoms with E-state index < -0.39 is 97.0 Å². The molecule has 10 unspecified atom stereocenters. The van der Waals surface area contributed by atoms with Crippen molar-refractivity contribution < 1.29 is 124 Å². The van der Waals surface area contributed by atoms with E-state index in [9.17, 15) is 41.0 Å². The van der Waals surface area contributed by atoms with Crippen molar-refractivity contribution in [2.75, 3.05) is 47.3 Å². The first-order chi connectivity index (χ1) is 34.4. The predicted octanol–water partition coefficient (Wildman–Crippen LogP) is 6.02. The van der Waals surface area contributed by atoms with Gasteiger partial charge in [-0.1, -0.05) is 104 Å². The zero-order chi connectivity index (χ0) is 54.8. The summed E-state index contributed by atoms with van der Waals surface area (Å²) < 4.78 is 139. The summed E-state index contributed by atoms with van der Waals surface area (Å²) in [7, 11) is 3.48. The summed E-state index contributed by atoms with van der Waals surface area (Å²) in [6.07, 6.45) is 2.62. The summed E-state index contributed by atoms with van der Waals surface area (Å²) in [6.45, 7) is 20.6. The third-order valence-electron chi connectivity index (χ3n) is 12.5. The van der Waals surface area contributed by atoms with E-state index in [0.717, 1.165) is 19.3 Å². The van der Waals surface area contributed by atoms with Gasteiger partial charge in [-0.05, 0) is 53.4 Å². The van der Waals surface area contributed by atoms with E-state index in [1.807, 2.05) is 12.4 Å². The predicted molar refractivity (Wildman–Crippen MR) is 260 cm³/mol. The van der Waals surface area contributed by atoms with E-state index >= 15 is 0 Å². The van der Waals surface area contributed by atoms with Gasteiger partial charge in [0.2, 0.25) is 0 Å². The van der Waals surface area contributed by atoms with Crippen LogP contribution < -0.4 is 40.2 Å². The number of ether oxygens (including phenoxy) is 11. The quantitative estimate of drug-likeness (QED) is 0.0359. The number of alkyl halides is 6. The Kier molecular flexibility index (Phi) is 34.2. The number of nitrogens with one attached hydrogen (secondary N) is 2. The van der Waals surface area contributed by atoms with Crippen LogP contribution in [0.1, 0.15) is 146 Å². The van der Waals surface area contributed by atoms with Gasteiger partial charge in [0.25, 0.3) is 0 Å². The molecule has 0 aromatic rings. The van der Waals surface area contributed by atoms with Crippen molar-refractivity contribution in [2.45, 2.75) is 242 Å². The first-order valence-electron chi connectivity index (χ1n) is 25.9. The number of unbranched alkanes of at least 4 members (excludes halogenated alkanes) is 8. The number of hydrogen-bond acceptors (Lipinski definition) is 14. The van der Waals surface area contributed by atoms with Crippen molar-refractivity contribution in [3.63, 3.8) is 0 Å². The van der Waals surface area contributed by atoms with Crippen molar-refractivity contribution in [3.8, 4) is 0 Å². The van der Waals surface area contributed by atoms with Gasteiger partial charge in [0.1, 0.15) is 48.7 Å². The normalized spacial score (nSPS) is 27.9. The van der Waals surface area contributed by atoms with Crippen LogP contribution in [0.5, 0.6) is 0 Å². The minimum absolute atomic E-state index is 0. The Morgan fingerprint density at radius 3 is 1.50 bits per heavy atom. The van der Waals surface area contributed by atoms with E-state index in [1.165, 1.54) is 82.8 Å². The number of halogens is 6. The molecule has 2 amide bonds. The van der Waals surface area contributed by atoms with Crippen molar-refractivity contribution in [1.82, 2.24) is 10.6 Å². The standard InChI is InChI=1S/C25H42F3NO7.C14H20F3NO6.C12H26O.Na.H/c1-6-8-9-10-11-12-17(31-5)13-15-32-21-19(29-23(30)25(26,27)28)22(33-14-7-2)35-18-16-34-24(3,4)36-20(18)21;1-4-5-21-11-8(18-12(20)14(15,16)17)9(19)10-7(23-11)6-22-13(2,3)24-10;1-4-6-7-8-9-11-12(13-3)10-5-2;;/h7,17-22H,2,6,8-16H2,1,3-5H3,(H,29,30);4,7-11,19H,1,5-6H2,2-3H3,(H,18,20);12H,4-11H2,1-3H3;;/q;;;+1;-1/t17?,18-,19?,20?,21?,22?;7-,8?,9?,10?,11?;;;/m11.../s1. The molecule has 0 radical (unpaired) electrons. The maximum Gasteiger partial charge on any atom is 1.00 e. The van der Waals surface area contributed by atoms with Gasteiger partial charge in [0, 0.05) is 20.8 Å². The van der Waals surface area contributed by atoms with E-state index in [4.69, 9.17) is 52.1 Å². The molecular formula is C51H89F6N2NaO14. The average Bonchev–Trinajstić information content (AvgIpc) is 3.32. The van der Waals surface area contributed by atoms with Crippen LogP contribution in [0.15, 0.2) is 25.3 Å². The molecule has 0 bridgehead atoms. The van der Waals surface area contributed by atoms with Crippen molar-refractivity contribution in [2.24, 2.45) is 0 Å². The summed E-state index contributed by atoms with van der Waals surface area (Å²) in [5.74, 6) is -6.36. The smallest absolute Gasteiger partial charge is 1.00 e. The number of fused-ring (bicyclic) bond motifs is 2. The molecule has 4 heterocycles. The van der Waals surface area contributed by atoms with Gasteiger partial charge in [0.05, 0.1) is 38.6 Å². The van der Waals surface area contributed by atoms with Gasteiger partial charge < -0.3 is 69.3 Å². The van der Waals surface area contributed by atoms with Gasteiger partial charge in [-0.25, -0.2) is 0 Å². The minimum atomic E-state index is -5.10. The Labute approximate surface area is 459 Å². The Morgan fingerprint density at radius 2 is 1.07 bits per heavy atom. The minimum Gasteiger partial charge on any atom is -1.00 e. The summed E-state index contributed by atoms with van der Waals surface area (Å²) >= 11 is 0. The molecule has 430 valence electrons. The van der Waals surface area contributed by atoms with Crippen LogP contribution in [0.4, 0.5) is 26.3 Å². The molecule has 0 spiro atoms. The van der Waals surface area contributed by atoms with E-state index in [-0.39, 0.29) is 70.1 Å². The fourth-order valence-corrected chi connectivity index (χ4v) is 8.62. The number of rotatable bonds is 28. The molecule has 4 aliphatic heterocycles. The van der Waals surface area contributed by atoms with Gasteiger partial charge in [-0.3, -0.25) is 9.59 Å². The van der Waals surface area contributed by atoms with Crippen molar-refractivity contribution >= 4 is 11.8 Å². The second-order valence-corrected chi connectivity index (χ2v) is 19.4. The van der Waals surface area contributed by atoms with Crippen LogP contribution in [-0.2, 0) is 61.7 Å². The molecule has 4 saturated heterocycles. The second kappa shape index (κ2) is 35.9. The van der Waals surface area contributed by atoms with Crippen LogP contribution in [0.2, 0.25) is 0 Å². The zero-order valence-corrected chi connectivity index (χ0v) is 47.7. The molecule has 4 rings (SSSR count). The third kappa shape index (κ3) is 25.5. The average molecular weight is 1090 g/mol. The molecule has 0 aromatic carbocycles. The summed E-state index contributed by atoms with van der Waals surface area (Å²) in [5, 5.41) is 14.2. The van der Waals surface area contributed by atoms with E-state index in [1.54, 1.807) is 40.1 Å². The molecule has 0 aliphatic carbocycles. The van der Waals surface area contributed by atoms with Gasteiger partial charge in [-0.15, -0.1) is 13.2 Å². The largest absolute Gasteiger partial charge is 1.00 e. The molecule has 16 nitrogen and oxygen atoms in total. The molecule has 74 heavy (non-hydrogen) atoms. The molecule has 23 heteroatoms. The molecule has 0 aromatic heterocycles.